The van der Waals surface area contributed by atoms with Gasteiger partial charge in [0.1, 0.15) is 11.6 Å². The van der Waals surface area contributed by atoms with E-state index in [0.29, 0.717) is 18.9 Å². The molecular weight excluding hydrogens is 280 g/mol. The average molecular weight is 297 g/mol. The minimum atomic E-state index is -1.07. The van der Waals surface area contributed by atoms with E-state index in [2.05, 4.69) is 5.32 Å². The Labute approximate surface area is 120 Å². The van der Waals surface area contributed by atoms with Gasteiger partial charge in [0, 0.05) is 12.1 Å². The summed E-state index contributed by atoms with van der Waals surface area (Å²) < 4.78 is 27.1. The van der Waals surface area contributed by atoms with Gasteiger partial charge in [-0.3, -0.25) is 9.59 Å². The van der Waals surface area contributed by atoms with Gasteiger partial charge < -0.3 is 16.8 Å². The fourth-order valence-electron chi connectivity index (χ4n) is 2.57. The van der Waals surface area contributed by atoms with Gasteiger partial charge in [-0.1, -0.05) is 6.42 Å². The van der Waals surface area contributed by atoms with Crippen LogP contribution in [-0.2, 0) is 4.79 Å². The number of halogens is 2. The molecule has 1 aliphatic rings. The molecule has 1 aliphatic carbocycles. The number of carbonyl (C=O) groups is 2. The molecule has 7 heteroatoms. The maximum atomic E-state index is 13.7. The van der Waals surface area contributed by atoms with Gasteiger partial charge in [0.25, 0.3) is 5.91 Å². The quantitative estimate of drug-likeness (QED) is 0.788. The molecule has 0 heterocycles. The number of amides is 2. The zero-order chi connectivity index (χ0) is 15.8. The molecule has 1 aromatic carbocycles. The van der Waals surface area contributed by atoms with Crippen molar-refractivity contribution in [2.75, 3.05) is 5.32 Å². The third-order valence-corrected chi connectivity index (χ3v) is 4.12. The second kappa shape index (κ2) is 5.40. The van der Waals surface area contributed by atoms with Crippen molar-refractivity contribution in [1.29, 1.82) is 0 Å². The van der Waals surface area contributed by atoms with Crippen LogP contribution >= 0.6 is 0 Å². The normalized spacial score (nSPS) is 24.9. The van der Waals surface area contributed by atoms with Crippen molar-refractivity contribution in [1.82, 2.24) is 0 Å². The first-order chi connectivity index (χ1) is 9.75. The van der Waals surface area contributed by atoms with Crippen LogP contribution in [0.2, 0.25) is 0 Å². The van der Waals surface area contributed by atoms with Gasteiger partial charge in [-0.05, 0) is 25.8 Å². The van der Waals surface area contributed by atoms with Gasteiger partial charge in [0.05, 0.1) is 16.7 Å². The van der Waals surface area contributed by atoms with Crippen molar-refractivity contribution in [2.45, 2.75) is 32.2 Å². The Kier molecular flexibility index (Phi) is 3.95. The summed E-state index contributed by atoms with van der Waals surface area (Å²) in [4.78, 5) is 23.4. The lowest BCUT2D eigenvalue weighted by Gasteiger charge is -2.27. The fraction of sp³-hybridized carbons (Fsp3) is 0.429. The highest BCUT2D eigenvalue weighted by Crippen LogP contribution is 2.38. The molecule has 0 bridgehead atoms. The van der Waals surface area contributed by atoms with Crippen molar-refractivity contribution in [3.63, 3.8) is 0 Å². The van der Waals surface area contributed by atoms with Crippen molar-refractivity contribution >= 4 is 17.5 Å². The van der Waals surface area contributed by atoms with Gasteiger partial charge in [0.2, 0.25) is 5.91 Å². The smallest absolute Gasteiger partial charge is 0.251 e. The number of benzene rings is 1. The number of nitrogens with one attached hydrogen (secondary N) is 1. The highest BCUT2D eigenvalue weighted by Gasteiger charge is 2.43. The summed E-state index contributed by atoms with van der Waals surface area (Å²) in [6.45, 7) is 1.70. The van der Waals surface area contributed by atoms with E-state index in [1.54, 1.807) is 6.92 Å². The first-order valence-electron chi connectivity index (χ1n) is 6.61. The number of anilines is 1. The Morgan fingerprint density at radius 2 is 2.00 bits per heavy atom. The molecule has 1 saturated carbocycles. The minimum absolute atomic E-state index is 0.282. The zero-order valence-electron chi connectivity index (χ0n) is 11.6. The fourth-order valence-corrected chi connectivity index (χ4v) is 2.57. The van der Waals surface area contributed by atoms with E-state index in [0.717, 1.165) is 12.5 Å². The van der Waals surface area contributed by atoms with Crippen LogP contribution in [0.15, 0.2) is 12.1 Å². The largest absolute Gasteiger partial charge is 0.366 e. The molecule has 0 saturated heterocycles. The van der Waals surface area contributed by atoms with Crippen LogP contribution in [0.5, 0.6) is 0 Å². The van der Waals surface area contributed by atoms with Gasteiger partial charge in [-0.25, -0.2) is 8.78 Å². The maximum absolute atomic E-state index is 13.7. The summed E-state index contributed by atoms with van der Waals surface area (Å²) in [6, 6.07) is 1.10. The summed E-state index contributed by atoms with van der Waals surface area (Å²) >= 11 is 0. The molecule has 0 spiro atoms. The number of primary amides is 1. The van der Waals surface area contributed by atoms with Crippen molar-refractivity contribution in [3.8, 4) is 0 Å². The summed E-state index contributed by atoms with van der Waals surface area (Å²) in [5.74, 6) is -3.52. The molecule has 2 rings (SSSR count). The Balaban J connectivity index is 2.29. The zero-order valence-corrected chi connectivity index (χ0v) is 11.6. The Morgan fingerprint density at radius 3 is 2.52 bits per heavy atom. The Hall–Kier alpha value is -2.02. The summed E-state index contributed by atoms with van der Waals surface area (Å²) in [6.07, 6.45) is 2.11. The number of hydrogen-bond acceptors (Lipinski definition) is 3. The first-order valence-corrected chi connectivity index (χ1v) is 6.61. The van der Waals surface area contributed by atoms with Crippen LogP contribution < -0.4 is 16.8 Å². The Bertz CT molecular complexity index is 606. The molecule has 114 valence electrons. The number of rotatable bonds is 3. The SMILES string of the molecule is CC1(C(=O)Nc2cc(C(N)=O)c(F)cc2F)CCCC1N. The van der Waals surface area contributed by atoms with Crippen LogP contribution in [-0.4, -0.2) is 17.9 Å². The molecule has 2 atom stereocenters. The molecule has 1 fully saturated rings. The van der Waals surface area contributed by atoms with E-state index in [9.17, 15) is 18.4 Å². The highest BCUT2D eigenvalue weighted by atomic mass is 19.1. The van der Waals surface area contributed by atoms with E-state index in [1.165, 1.54) is 0 Å². The van der Waals surface area contributed by atoms with E-state index < -0.39 is 34.4 Å². The van der Waals surface area contributed by atoms with Crippen molar-refractivity contribution in [2.24, 2.45) is 16.9 Å². The van der Waals surface area contributed by atoms with Crippen LogP contribution in [0.4, 0.5) is 14.5 Å². The molecular formula is C14H17F2N3O2. The lowest BCUT2D eigenvalue weighted by Crippen LogP contribution is -2.44. The molecule has 5 nitrogen and oxygen atoms in total. The number of nitrogens with two attached hydrogens (primary N) is 2. The standard InChI is InChI=1S/C14H17F2N3O2/c1-14(4-2-3-11(14)17)13(21)19-10-5-7(12(18)20)8(15)6-9(10)16/h5-6,11H,2-4,17H2,1H3,(H2,18,20)(H,19,21). The molecule has 0 radical (unpaired) electrons. The molecule has 0 aliphatic heterocycles. The third kappa shape index (κ3) is 2.73. The van der Waals surface area contributed by atoms with Gasteiger partial charge in [-0.15, -0.1) is 0 Å². The average Bonchev–Trinajstić information content (AvgIpc) is 2.73. The van der Waals surface area contributed by atoms with E-state index >= 15 is 0 Å². The van der Waals surface area contributed by atoms with Crippen molar-refractivity contribution < 1.29 is 18.4 Å². The lowest BCUT2D eigenvalue weighted by molar-refractivity contribution is -0.125. The first kappa shape index (κ1) is 15.4. The van der Waals surface area contributed by atoms with Gasteiger partial charge in [-0.2, -0.15) is 0 Å². The topological polar surface area (TPSA) is 98.2 Å². The van der Waals surface area contributed by atoms with Crippen LogP contribution in [0, 0.1) is 17.0 Å². The third-order valence-electron chi connectivity index (χ3n) is 4.12. The monoisotopic (exact) mass is 297 g/mol. The van der Waals surface area contributed by atoms with E-state index in [-0.39, 0.29) is 11.7 Å². The van der Waals surface area contributed by atoms with Crippen LogP contribution in [0.25, 0.3) is 0 Å². The molecule has 2 amide bonds. The highest BCUT2D eigenvalue weighted by molar-refractivity contribution is 5.98. The Morgan fingerprint density at radius 1 is 1.33 bits per heavy atom. The minimum Gasteiger partial charge on any atom is -0.366 e. The van der Waals surface area contributed by atoms with Crippen LogP contribution in [0.1, 0.15) is 36.5 Å². The molecule has 0 aromatic heterocycles. The van der Waals surface area contributed by atoms with Gasteiger partial charge in [0.15, 0.2) is 0 Å². The lowest BCUT2D eigenvalue weighted by atomic mass is 9.84. The summed E-state index contributed by atoms with van der Waals surface area (Å²) in [7, 11) is 0. The predicted molar refractivity (Wildman–Crippen MR) is 73.4 cm³/mol. The predicted octanol–water partition coefficient (Wildman–Crippen LogP) is 1.52. The van der Waals surface area contributed by atoms with Crippen LogP contribution in [0.3, 0.4) is 0 Å². The molecule has 1 aromatic rings. The summed E-state index contributed by atoms with van der Waals surface area (Å²) in [5.41, 5.74) is 9.35. The second-order valence-electron chi connectivity index (χ2n) is 5.55. The van der Waals surface area contributed by atoms with E-state index in [4.69, 9.17) is 11.5 Å². The molecule has 21 heavy (non-hydrogen) atoms. The number of hydrogen-bond donors (Lipinski definition) is 3. The maximum Gasteiger partial charge on any atom is 0.251 e. The van der Waals surface area contributed by atoms with Gasteiger partial charge >= 0.3 is 0 Å². The van der Waals surface area contributed by atoms with Crippen molar-refractivity contribution in [3.05, 3.63) is 29.3 Å². The molecule has 5 N–H and O–H groups in total. The number of carbonyl (C=O) groups excluding carboxylic acids is 2. The second-order valence-corrected chi connectivity index (χ2v) is 5.55. The summed E-state index contributed by atoms with van der Waals surface area (Å²) in [5, 5.41) is 2.38. The molecule has 2 unspecified atom stereocenters. The van der Waals surface area contributed by atoms with E-state index in [1.807, 2.05) is 0 Å².